The van der Waals surface area contributed by atoms with Gasteiger partial charge in [-0.05, 0) is 111 Å². The summed E-state index contributed by atoms with van der Waals surface area (Å²) < 4.78 is 33.4. The van der Waals surface area contributed by atoms with E-state index in [9.17, 15) is 18.6 Å². The van der Waals surface area contributed by atoms with Gasteiger partial charge in [-0.1, -0.05) is 36.8 Å². The molecular formula is C31H44O5S. The number of benzene rings is 1. The first-order chi connectivity index (χ1) is 17.7. The lowest BCUT2D eigenvalue weighted by Gasteiger charge is -2.54. The highest BCUT2D eigenvalue weighted by Crippen LogP contribution is 2.64. The summed E-state index contributed by atoms with van der Waals surface area (Å²) in [6.45, 7) is 3.18. The molecule has 3 saturated carbocycles. The quantitative estimate of drug-likeness (QED) is 0.489. The van der Waals surface area contributed by atoms with Gasteiger partial charge in [0.1, 0.15) is 0 Å². The van der Waals surface area contributed by atoms with Gasteiger partial charge in [-0.15, -0.1) is 0 Å². The van der Waals surface area contributed by atoms with Crippen LogP contribution in [0.4, 0.5) is 0 Å². The lowest BCUT2D eigenvalue weighted by Crippen LogP contribution is -2.47. The maximum Gasteiger partial charge on any atom is 0.181 e. The van der Waals surface area contributed by atoms with Gasteiger partial charge in [-0.25, -0.2) is 8.42 Å². The van der Waals surface area contributed by atoms with Crippen molar-refractivity contribution < 1.29 is 23.4 Å². The molecule has 1 heterocycles. The van der Waals surface area contributed by atoms with Crippen LogP contribution in [-0.2, 0) is 14.6 Å². The van der Waals surface area contributed by atoms with Crippen LogP contribution < -0.4 is 0 Å². The first-order valence-corrected chi connectivity index (χ1v) is 16.2. The van der Waals surface area contributed by atoms with Gasteiger partial charge in [0, 0.05) is 13.0 Å². The number of aliphatic hydroxyl groups excluding tert-OH is 1. The number of sulfone groups is 1. The minimum atomic E-state index is -3.57. The zero-order valence-corrected chi connectivity index (χ0v) is 23.0. The Balaban J connectivity index is 1.25. The third kappa shape index (κ3) is 4.64. The van der Waals surface area contributed by atoms with Gasteiger partial charge in [0.05, 0.1) is 28.5 Å². The standard InChI is InChI=1S/C31H44O5S/c1-30-14-13-27-26-11-9-23(32)17-21(26)7-10-28(27)29(30)12-8-22(30)18-25(19-31(33)15-16-36-20-31)37(34,35)24-5-3-2-4-6-24/h2-7,22-23,25-29,32-33H,8-20H2,1H3/t22-,23+,25?,26?,27?,28?,29?,30?,31?/m1/s1. The summed E-state index contributed by atoms with van der Waals surface area (Å²) in [7, 11) is -3.57. The van der Waals surface area contributed by atoms with Crippen LogP contribution >= 0.6 is 0 Å². The van der Waals surface area contributed by atoms with Crippen molar-refractivity contribution >= 4 is 9.84 Å². The minimum absolute atomic E-state index is 0.153. The molecule has 4 aliphatic carbocycles. The second-order valence-electron chi connectivity index (χ2n) is 13.3. The molecule has 6 rings (SSSR count). The van der Waals surface area contributed by atoms with E-state index in [4.69, 9.17) is 4.74 Å². The van der Waals surface area contributed by atoms with Gasteiger partial charge in [0.25, 0.3) is 0 Å². The molecule has 1 aromatic rings. The van der Waals surface area contributed by atoms with Gasteiger partial charge in [0.15, 0.2) is 9.84 Å². The van der Waals surface area contributed by atoms with E-state index in [0.29, 0.717) is 48.0 Å². The summed E-state index contributed by atoms with van der Waals surface area (Å²) in [5.41, 5.74) is 0.610. The number of aliphatic hydroxyl groups is 2. The largest absolute Gasteiger partial charge is 0.393 e. The molecule has 7 unspecified atom stereocenters. The Morgan fingerprint density at radius 1 is 1.05 bits per heavy atom. The molecule has 5 aliphatic rings. The minimum Gasteiger partial charge on any atom is -0.393 e. The van der Waals surface area contributed by atoms with Gasteiger partial charge in [0.2, 0.25) is 0 Å². The molecule has 0 aromatic heterocycles. The second-order valence-corrected chi connectivity index (χ2v) is 15.5. The molecule has 9 atom stereocenters. The Hall–Kier alpha value is -1.21. The van der Waals surface area contributed by atoms with Crippen molar-refractivity contribution in [2.24, 2.45) is 35.0 Å². The Morgan fingerprint density at radius 3 is 2.62 bits per heavy atom. The van der Waals surface area contributed by atoms with Crippen LogP contribution in [0.25, 0.3) is 0 Å². The molecule has 6 heteroatoms. The van der Waals surface area contributed by atoms with Crippen molar-refractivity contribution in [3.05, 3.63) is 42.0 Å². The topological polar surface area (TPSA) is 83.8 Å². The van der Waals surface area contributed by atoms with E-state index in [1.54, 1.807) is 24.3 Å². The second kappa shape index (κ2) is 9.76. The third-order valence-electron chi connectivity index (χ3n) is 11.4. The van der Waals surface area contributed by atoms with Crippen LogP contribution in [0.3, 0.4) is 0 Å². The van der Waals surface area contributed by atoms with Crippen LogP contribution in [0, 0.1) is 35.0 Å². The fourth-order valence-electron chi connectivity index (χ4n) is 9.37. The predicted octanol–water partition coefficient (Wildman–Crippen LogP) is 5.31. The summed E-state index contributed by atoms with van der Waals surface area (Å²) >= 11 is 0. The maximum atomic E-state index is 13.9. The molecule has 4 fully saturated rings. The summed E-state index contributed by atoms with van der Waals surface area (Å²) in [6.07, 6.45) is 12.4. The fourth-order valence-corrected chi connectivity index (χ4v) is 11.3. The van der Waals surface area contributed by atoms with E-state index in [1.165, 1.54) is 24.8 Å². The number of hydrogen-bond acceptors (Lipinski definition) is 5. The number of allylic oxidation sites excluding steroid dienone is 1. The van der Waals surface area contributed by atoms with Crippen molar-refractivity contribution in [1.82, 2.24) is 0 Å². The monoisotopic (exact) mass is 528 g/mol. The predicted molar refractivity (Wildman–Crippen MR) is 144 cm³/mol. The lowest BCUT2D eigenvalue weighted by atomic mass is 9.51. The van der Waals surface area contributed by atoms with Crippen LogP contribution in [0.15, 0.2) is 46.9 Å². The van der Waals surface area contributed by atoms with E-state index < -0.39 is 20.7 Å². The molecule has 5 nitrogen and oxygen atoms in total. The average molecular weight is 529 g/mol. The van der Waals surface area contributed by atoms with Crippen molar-refractivity contribution in [3.63, 3.8) is 0 Å². The molecule has 204 valence electrons. The molecule has 1 saturated heterocycles. The molecule has 1 aromatic carbocycles. The fraction of sp³-hybridized carbons (Fsp3) is 0.742. The van der Waals surface area contributed by atoms with Crippen molar-refractivity contribution in [1.29, 1.82) is 0 Å². The van der Waals surface area contributed by atoms with Crippen molar-refractivity contribution in [2.45, 2.75) is 99.4 Å². The molecule has 0 bridgehead atoms. The van der Waals surface area contributed by atoms with Crippen LogP contribution in [0.5, 0.6) is 0 Å². The molecule has 2 N–H and O–H groups in total. The summed E-state index contributed by atoms with van der Waals surface area (Å²) in [6, 6.07) is 8.84. The van der Waals surface area contributed by atoms with Gasteiger partial charge >= 0.3 is 0 Å². The Labute approximate surface area is 222 Å². The van der Waals surface area contributed by atoms with Gasteiger partial charge in [-0.3, -0.25) is 0 Å². The smallest absolute Gasteiger partial charge is 0.181 e. The van der Waals surface area contributed by atoms with Crippen molar-refractivity contribution in [2.75, 3.05) is 13.2 Å². The van der Waals surface area contributed by atoms with E-state index in [2.05, 4.69) is 13.0 Å². The lowest BCUT2D eigenvalue weighted by molar-refractivity contribution is -0.0225. The molecule has 0 radical (unpaired) electrons. The van der Waals surface area contributed by atoms with E-state index in [-0.39, 0.29) is 24.5 Å². The highest BCUT2D eigenvalue weighted by Gasteiger charge is 2.56. The van der Waals surface area contributed by atoms with E-state index >= 15 is 0 Å². The summed E-state index contributed by atoms with van der Waals surface area (Å²) in [5.74, 6) is 3.05. The first-order valence-electron chi connectivity index (χ1n) is 14.7. The average Bonchev–Trinajstić information content (AvgIpc) is 3.46. The third-order valence-corrected chi connectivity index (χ3v) is 13.5. The summed E-state index contributed by atoms with van der Waals surface area (Å²) in [4.78, 5) is 0.371. The van der Waals surface area contributed by atoms with Crippen LogP contribution in [-0.4, -0.2) is 48.8 Å². The normalized spacial score (nSPS) is 42.4. The number of rotatable bonds is 6. The maximum absolute atomic E-state index is 13.9. The molecule has 0 spiro atoms. The molecular weight excluding hydrogens is 484 g/mol. The van der Waals surface area contributed by atoms with E-state index in [1.807, 2.05) is 6.07 Å². The number of ether oxygens (including phenoxy) is 1. The highest BCUT2D eigenvalue weighted by atomic mass is 32.2. The summed E-state index contributed by atoms with van der Waals surface area (Å²) in [5, 5.41) is 20.8. The SMILES string of the molecule is CC12CCC3C4CC[C@H](O)CC4=CCC3C1CC[C@@H]2CC(CC1(O)CCOC1)S(=O)(=O)c1ccccc1. The molecule has 1 aliphatic heterocycles. The highest BCUT2D eigenvalue weighted by molar-refractivity contribution is 7.92. The molecule has 0 amide bonds. The van der Waals surface area contributed by atoms with Crippen LogP contribution in [0.2, 0.25) is 0 Å². The zero-order valence-electron chi connectivity index (χ0n) is 22.2. The zero-order chi connectivity index (χ0) is 25.8. The first kappa shape index (κ1) is 26.0. The van der Waals surface area contributed by atoms with E-state index in [0.717, 1.165) is 38.0 Å². The van der Waals surface area contributed by atoms with Crippen LogP contribution in [0.1, 0.15) is 77.6 Å². The number of hydrogen-bond donors (Lipinski definition) is 2. The Bertz CT molecular complexity index is 1110. The number of fused-ring (bicyclic) bond motifs is 5. The Kier molecular flexibility index (Phi) is 6.87. The molecule has 37 heavy (non-hydrogen) atoms. The Morgan fingerprint density at radius 2 is 1.86 bits per heavy atom. The van der Waals surface area contributed by atoms with Gasteiger partial charge < -0.3 is 14.9 Å². The van der Waals surface area contributed by atoms with Crippen molar-refractivity contribution in [3.8, 4) is 0 Å². The van der Waals surface area contributed by atoms with Gasteiger partial charge in [-0.2, -0.15) is 0 Å².